The van der Waals surface area contributed by atoms with E-state index in [9.17, 15) is 0 Å². The fourth-order valence-electron chi connectivity index (χ4n) is 5.60. The van der Waals surface area contributed by atoms with Gasteiger partial charge in [-0.2, -0.15) is 0 Å². The van der Waals surface area contributed by atoms with Gasteiger partial charge in [0.25, 0.3) is 0 Å². The molecule has 2 heterocycles. The van der Waals surface area contributed by atoms with E-state index in [0.29, 0.717) is 18.4 Å². The maximum atomic E-state index is 7.77. The Morgan fingerprint density at radius 2 is 1.85 bits per heavy atom. The van der Waals surface area contributed by atoms with Crippen molar-refractivity contribution in [3.8, 4) is 11.1 Å². The summed E-state index contributed by atoms with van der Waals surface area (Å²) in [6.45, 7) is 7.63. The van der Waals surface area contributed by atoms with Gasteiger partial charge in [0.05, 0.1) is 18.1 Å². The Morgan fingerprint density at radius 3 is 2.59 bits per heavy atom. The molecule has 1 fully saturated rings. The van der Waals surface area contributed by atoms with Crippen LogP contribution in [0.3, 0.4) is 0 Å². The van der Waals surface area contributed by atoms with Crippen LogP contribution < -0.4 is 10.2 Å². The number of nitrogens with one attached hydrogen (secondary N) is 2. The lowest BCUT2D eigenvalue weighted by molar-refractivity contribution is 0.310. The highest BCUT2D eigenvalue weighted by molar-refractivity contribution is 5.88. The number of hydrogen-bond donors (Lipinski definition) is 2. The van der Waals surface area contributed by atoms with Gasteiger partial charge in [0.15, 0.2) is 5.82 Å². The van der Waals surface area contributed by atoms with Crippen molar-refractivity contribution in [2.75, 3.05) is 17.3 Å². The van der Waals surface area contributed by atoms with Crippen molar-refractivity contribution in [3.05, 3.63) is 114 Å². The monoisotopic (exact) mass is 542 g/mol. The molecule has 1 aliphatic rings. The zero-order valence-electron chi connectivity index (χ0n) is 23.9. The molecule has 1 aliphatic carbocycles. The number of rotatable bonds is 10. The van der Waals surface area contributed by atoms with Crippen LogP contribution in [0.2, 0.25) is 0 Å². The van der Waals surface area contributed by atoms with Crippen LogP contribution in [-0.4, -0.2) is 28.2 Å². The van der Waals surface area contributed by atoms with Crippen LogP contribution in [0.5, 0.6) is 0 Å². The molecule has 5 rings (SSSR count). The number of aromatic nitrogens is 3. The molecule has 2 aromatic carbocycles. The molecular formula is C35H38N6. The topological polar surface area (TPSA) is 77.8 Å². The predicted molar refractivity (Wildman–Crippen MR) is 171 cm³/mol. The van der Waals surface area contributed by atoms with E-state index in [4.69, 9.17) is 10.4 Å². The SMILES string of the molecule is C=C(C1CCCC(C)C1)N(Cc1ccc(-c2ccc(NC)c(C=N)c2)cc1)c1cncc(/C=C/c2cccnc2)n1. The minimum Gasteiger partial charge on any atom is -0.388 e. The molecule has 6 heteroatoms. The molecule has 208 valence electrons. The van der Waals surface area contributed by atoms with Gasteiger partial charge in [0, 0.05) is 49.1 Å². The number of anilines is 2. The maximum absolute atomic E-state index is 7.77. The fraction of sp³-hybridized carbons (Fsp3) is 0.257. The quantitative estimate of drug-likeness (QED) is 0.198. The van der Waals surface area contributed by atoms with Crippen molar-refractivity contribution >= 4 is 29.9 Å². The van der Waals surface area contributed by atoms with E-state index in [-0.39, 0.29) is 0 Å². The maximum Gasteiger partial charge on any atom is 0.152 e. The molecule has 0 saturated heterocycles. The molecule has 0 aliphatic heterocycles. The van der Waals surface area contributed by atoms with Crippen molar-refractivity contribution < 1.29 is 0 Å². The Balaban J connectivity index is 1.42. The lowest BCUT2D eigenvalue weighted by atomic mass is 9.80. The third-order valence-corrected chi connectivity index (χ3v) is 7.91. The van der Waals surface area contributed by atoms with Gasteiger partial charge in [-0.3, -0.25) is 9.97 Å². The first-order valence-electron chi connectivity index (χ1n) is 14.3. The van der Waals surface area contributed by atoms with Gasteiger partial charge in [-0.05, 0) is 71.2 Å². The Hall–Kier alpha value is -4.58. The van der Waals surface area contributed by atoms with Gasteiger partial charge < -0.3 is 15.6 Å². The largest absolute Gasteiger partial charge is 0.388 e. The van der Waals surface area contributed by atoms with Crippen LogP contribution in [0.4, 0.5) is 11.5 Å². The number of pyridine rings is 1. The summed E-state index contributed by atoms with van der Waals surface area (Å²) in [5.74, 6) is 1.94. The minimum absolute atomic E-state index is 0.430. The second-order valence-corrected chi connectivity index (χ2v) is 10.9. The number of hydrogen-bond acceptors (Lipinski definition) is 6. The number of benzene rings is 2. The first-order chi connectivity index (χ1) is 20.0. The van der Waals surface area contributed by atoms with Crippen molar-refractivity contribution in [1.82, 2.24) is 15.0 Å². The van der Waals surface area contributed by atoms with E-state index < -0.39 is 0 Å². The summed E-state index contributed by atoms with van der Waals surface area (Å²) in [6, 6.07) is 18.8. The summed E-state index contributed by atoms with van der Waals surface area (Å²) in [7, 11) is 1.88. The zero-order valence-corrected chi connectivity index (χ0v) is 23.9. The Morgan fingerprint density at radius 1 is 1.02 bits per heavy atom. The predicted octanol–water partition coefficient (Wildman–Crippen LogP) is 8.09. The minimum atomic E-state index is 0.430. The van der Waals surface area contributed by atoms with Crippen LogP contribution in [0.1, 0.15) is 55.0 Å². The molecule has 1 saturated carbocycles. The van der Waals surface area contributed by atoms with Crippen molar-refractivity contribution in [2.45, 2.75) is 39.2 Å². The van der Waals surface area contributed by atoms with E-state index in [1.54, 1.807) is 12.4 Å². The molecular weight excluding hydrogens is 504 g/mol. The summed E-state index contributed by atoms with van der Waals surface area (Å²) in [4.78, 5) is 16.0. The smallest absolute Gasteiger partial charge is 0.152 e. The lowest BCUT2D eigenvalue weighted by Gasteiger charge is -2.35. The first-order valence-corrected chi connectivity index (χ1v) is 14.3. The van der Waals surface area contributed by atoms with E-state index >= 15 is 0 Å². The summed E-state index contributed by atoms with van der Waals surface area (Å²) in [5.41, 5.74) is 8.13. The summed E-state index contributed by atoms with van der Waals surface area (Å²) < 4.78 is 0. The molecule has 6 nitrogen and oxygen atoms in total. The molecule has 0 amide bonds. The van der Waals surface area contributed by atoms with Gasteiger partial charge in [-0.15, -0.1) is 0 Å². The molecule has 2 aromatic heterocycles. The number of allylic oxidation sites excluding steroid dienone is 1. The number of nitrogens with zero attached hydrogens (tertiary/aromatic N) is 4. The normalized spacial score (nSPS) is 16.8. The highest BCUT2D eigenvalue weighted by Crippen LogP contribution is 2.36. The Kier molecular flexibility index (Phi) is 8.99. The molecule has 0 spiro atoms. The third-order valence-electron chi connectivity index (χ3n) is 7.91. The Labute approximate surface area is 243 Å². The second kappa shape index (κ2) is 13.2. The van der Waals surface area contributed by atoms with Crippen LogP contribution in [0.25, 0.3) is 23.3 Å². The molecule has 2 N–H and O–H groups in total. The van der Waals surface area contributed by atoms with Gasteiger partial charge in [-0.25, -0.2) is 4.98 Å². The van der Waals surface area contributed by atoms with Crippen molar-refractivity contribution in [2.24, 2.45) is 11.8 Å². The average molecular weight is 543 g/mol. The molecule has 4 aromatic rings. The van der Waals surface area contributed by atoms with Gasteiger partial charge in [0.1, 0.15) is 0 Å². The molecule has 0 radical (unpaired) electrons. The zero-order chi connectivity index (χ0) is 28.6. The standard InChI is InChI=1S/C35H38N6/c1-25-6-4-8-30(18-25)26(2)41(35-23-39-22-33(40-35)15-11-27-7-5-17-38-21-27)24-28-9-12-29(13-10-28)31-14-16-34(37-3)32(19-31)20-36/h5,7,9-17,19-23,25,30,36-37H,2,4,6,8,18,24H2,1,3H3/b15-11+,36-20?. The van der Waals surface area contributed by atoms with Crippen LogP contribution in [0, 0.1) is 17.2 Å². The third kappa shape index (κ3) is 6.95. The highest BCUT2D eigenvalue weighted by Gasteiger charge is 2.26. The van der Waals surface area contributed by atoms with E-state index in [2.05, 4.69) is 64.0 Å². The second-order valence-electron chi connectivity index (χ2n) is 10.9. The highest BCUT2D eigenvalue weighted by atomic mass is 15.2. The van der Waals surface area contributed by atoms with E-state index in [0.717, 1.165) is 58.0 Å². The lowest BCUT2D eigenvalue weighted by Crippen LogP contribution is -2.29. The summed E-state index contributed by atoms with van der Waals surface area (Å²) in [5, 5.41) is 10.9. The van der Waals surface area contributed by atoms with Crippen LogP contribution >= 0.6 is 0 Å². The summed E-state index contributed by atoms with van der Waals surface area (Å²) >= 11 is 0. The summed E-state index contributed by atoms with van der Waals surface area (Å²) in [6.07, 6.45) is 17.4. The van der Waals surface area contributed by atoms with Crippen molar-refractivity contribution in [3.63, 3.8) is 0 Å². The van der Waals surface area contributed by atoms with Gasteiger partial charge in [-0.1, -0.05) is 68.8 Å². The molecule has 41 heavy (non-hydrogen) atoms. The first kappa shape index (κ1) is 28.0. The molecule has 2 unspecified atom stereocenters. The van der Waals surface area contributed by atoms with Gasteiger partial charge in [0.2, 0.25) is 0 Å². The fourth-order valence-corrected chi connectivity index (χ4v) is 5.60. The van der Waals surface area contributed by atoms with Crippen LogP contribution in [0.15, 0.2) is 91.7 Å². The van der Waals surface area contributed by atoms with Crippen molar-refractivity contribution in [1.29, 1.82) is 5.41 Å². The molecule has 2 atom stereocenters. The Bertz CT molecular complexity index is 1510. The van der Waals surface area contributed by atoms with Crippen LogP contribution in [-0.2, 0) is 6.54 Å². The molecule has 0 bridgehead atoms. The van der Waals surface area contributed by atoms with E-state index in [1.165, 1.54) is 24.6 Å². The van der Waals surface area contributed by atoms with E-state index in [1.807, 2.05) is 55.9 Å². The average Bonchev–Trinajstić information content (AvgIpc) is 3.03. The van der Waals surface area contributed by atoms with Gasteiger partial charge >= 0.3 is 0 Å².